The summed E-state index contributed by atoms with van der Waals surface area (Å²) in [6.07, 6.45) is 5.18. The first kappa shape index (κ1) is 20.9. The molecule has 150 valence electrons. The van der Waals surface area contributed by atoms with Crippen molar-refractivity contribution in [2.24, 2.45) is 4.99 Å². The van der Waals surface area contributed by atoms with E-state index >= 15 is 0 Å². The summed E-state index contributed by atoms with van der Waals surface area (Å²) in [7, 11) is 1.88. The van der Waals surface area contributed by atoms with Crippen molar-refractivity contribution in [3.05, 3.63) is 35.4 Å². The monoisotopic (exact) mass is 485 g/mol. The van der Waals surface area contributed by atoms with Gasteiger partial charge in [0, 0.05) is 38.7 Å². The Kier molecular flexibility index (Phi) is 7.03. The number of nitrogens with one attached hydrogen (secondary N) is 1. The molecule has 1 aromatic rings. The van der Waals surface area contributed by atoms with Crippen LogP contribution in [0.25, 0.3) is 0 Å². The van der Waals surface area contributed by atoms with Gasteiger partial charge >= 0.3 is 0 Å². The van der Waals surface area contributed by atoms with Crippen molar-refractivity contribution in [3.63, 3.8) is 0 Å². The summed E-state index contributed by atoms with van der Waals surface area (Å²) in [5.74, 6) is 0.996. The maximum Gasteiger partial charge on any atom is 0.193 e. The van der Waals surface area contributed by atoms with E-state index in [1.807, 2.05) is 7.05 Å². The molecule has 1 saturated carbocycles. The Bertz CT molecular complexity index is 657. The third-order valence-electron chi connectivity index (χ3n) is 6.14. The fourth-order valence-electron chi connectivity index (χ4n) is 4.43. The SMILES string of the molecule is CN=C(NCC1(c2ccccc2C)CC1)N1CCOC(C2CCCO2)C1.I. The Balaban J connectivity index is 0.00000210. The van der Waals surface area contributed by atoms with Gasteiger partial charge in [-0.15, -0.1) is 24.0 Å². The van der Waals surface area contributed by atoms with E-state index in [1.54, 1.807) is 0 Å². The van der Waals surface area contributed by atoms with Crippen LogP contribution in [0.3, 0.4) is 0 Å². The number of nitrogens with zero attached hydrogens (tertiary/aromatic N) is 2. The molecule has 1 aliphatic carbocycles. The molecule has 27 heavy (non-hydrogen) atoms. The highest BCUT2D eigenvalue weighted by Gasteiger charge is 2.45. The Hall–Kier alpha value is -0.860. The van der Waals surface area contributed by atoms with Crippen LogP contribution in [0.2, 0.25) is 0 Å². The van der Waals surface area contributed by atoms with Crippen LogP contribution in [0, 0.1) is 6.92 Å². The summed E-state index contributed by atoms with van der Waals surface area (Å²) < 4.78 is 11.8. The second kappa shape index (κ2) is 9.09. The van der Waals surface area contributed by atoms with E-state index in [2.05, 4.69) is 46.4 Å². The Morgan fingerprint density at radius 1 is 1.22 bits per heavy atom. The molecule has 0 bridgehead atoms. The van der Waals surface area contributed by atoms with Crippen molar-refractivity contribution < 1.29 is 9.47 Å². The first-order valence-electron chi connectivity index (χ1n) is 9.97. The van der Waals surface area contributed by atoms with Gasteiger partial charge in [0.1, 0.15) is 6.10 Å². The average Bonchev–Trinajstić information content (AvgIpc) is 3.25. The fourth-order valence-corrected chi connectivity index (χ4v) is 4.43. The number of hydrogen-bond acceptors (Lipinski definition) is 3. The molecule has 0 radical (unpaired) electrons. The zero-order valence-electron chi connectivity index (χ0n) is 16.4. The van der Waals surface area contributed by atoms with Gasteiger partial charge in [-0.25, -0.2) is 0 Å². The second-order valence-corrected chi connectivity index (χ2v) is 7.90. The van der Waals surface area contributed by atoms with Crippen molar-refractivity contribution in [3.8, 4) is 0 Å². The predicted molar refractivity (Wildman–Crippen MR) is 119 cm³/mol. The predicted octanol–water partition coefficient (Wildman–Crippen LogP) is 3.10. The van der Waals surface area contributed by atoms with Crippen LogP contribution in [-0.4, -0.2) is 63.0 Å². The maximum absolute atomic E-state index is 5.98. The average molecular weight is 485 g/mol. The number of guanidine groups is 1. The van der Waals surface area contributed by atoms with Gasteiger partial charge in [-0.2, -0.15) is 0 Å². The normalized spacial score (nSPS) is 27.2. The summed E-state index contributed by atoms with van der Waals surface area (Å²) >= 11 is 0. The lowest BCUT2D eigenvalue weighted by Gasteiger charge is -2.37. The molecule has 6 heteroatoms. The van der Waals surface area contributed by atoms with Crippen LogP contribution in [0.15, 0.2) is 29.3 Å². The standard InChI is InChI=1S/C21H31N3O2.HI/c1-16-6-3-4-7-17(16)21(9-10-21)15-23-20(22-2)24-11-13-26-19(14-24)18-8-5-12-25-18;/h3-4,6-7,18-19H,5,8-15H2,1-2H3,(H,22,23);1H. The molecule has 1 N–H and O–H groups in total. The van der Waals surface area contributed by atoms with E-state index in [-0.39, 0.29) is 41.6 Å². The van der Waals surface area contributed by atoms with Crippen molar-refractivity contribution >= 4 is 29.9 Å². The molecule has 0 amide bonds. The molecule has 5 nitrogen and oxygen atoms in total. The number of halogens is 1. The van der Waals surface area contributed by atoms with E-state index < -0.39 is 0 Å². The van der Waals surface area contributed by atoms with Crippen LogP contribution in [0.1, 0.15) is 36.8 Å². The molecule has 3 fully saturated rings. The fraction of sp³-hybridized carbons (Fsp3) is 0.667. The lowest BCUT2D eigenvalue weighted by molar-refractivity contribution is -0.0817. The highest BCUT2D eigenvalue weighted by atomic mass is 127. The highest BCUT2D eigenvalue weighted by molar-refractivity contribution is 14.0. The van der Waals surface area contributed by atoms with E-state index in [0.29, 0.717) is 0 Å². The van der Waals surface area contributed by atoms with E-state index in [4.69, 9.17) is 9.47 Å². The number of ether oxygens (including phenoxy) is 2. The molecule has 1 aromatic carbocycles. The van der Waals surface area contributed by atoms with Gasteiger partial charge < -0.3 is 19.7 Å². The zero-order valence-corrected chi connectivity index (χ0v) is 18.8. The van der Waals surface area contributed by atoms with Gasteiger partial charge in [-0.3, -0.25) is 4.99 Å². The van der Waals surface area contributed by atoms with E-state index in [9.17, 15) is 0 Å². The Morgan fingerprint density at radius 3 is 2.67 bits per heavy atom. The second-order valence-electron chi connectivity index (χ2n) is 7.90. The molecule has 0 aromatic heterocycles. The molecule has 2 saturated heterocycles. The van der Waals surface area contributed by atoms with Crippen LogP contribution in [0.5, 0.6) is 0 Å². The minimum atomic E-state index is 0. The van der Waals surface area contributed by atoms with Gasteiger partial charge in [-0.1, -0.05) is 24.3 Å². The first-order valence-corrected chi connectivity index (χ1v) is 9.97. The maximum atomic E-state index is 5.98. The van der Waals surface area contributed by atoms with Crippen LogP contribution in [0.4, 0.5) is 0 Å². The van der Waals surface area contributed by atoms with Gasteiger partial charge in [0.25, 0.3) is 0 Å². The molecular weight excluding hydrogens is 453 g/mol. The number of benzene rings is 1. The van der Waals surface area contributed by atoms with Gasteiger partial charge in [0.15, 0.2) is 5.96 Å². The Morgan fingerprint density at radius 2 is 2.00 bits per heavy atom. The van der Waals surface area contributed by atoms with Crippen LogP contribution < -0.4 is 5.32 Å². The van der Waals surface area contributed by atoms with E-state index in [0.717, 1.165) is 51.6 Å². The van der Waals surface area contributed by atoms with Crippen molar-refractivity contribution in [1.82, 2.24) is 10.2 Å². The van der Waals surface area contributed by atoms with E-state index in [1.165, 1.54) is 24.0 Å². The summed E-state index contributed by atoms with van der Waals surface area (Å²) in [6, 6.07) is 8.79. The molecule has 2 heterocycles. The van der Waals surface area contributed by atoms with Crippen molar-refractivity contribution in [1.29, 1.82) is 0 Å². The molecule has 4 rings (SSSR count). The summed E-state index contributed by atoms with van der Waals surface area (Å²) in [5, 5.41) is 3.66. The lowest BCUT2D eigenvalue weighted by atomic mass is 9.92. The lowest BCUT2D eigenvalue weighted by Crippen LogP contribution is -2.54. The summed E-state index contributed by atoms with van der Waals surface area (Å²) in [5.41, 5.74) is 3.16. The quantitative estimate of drug-likeness (QED) is 0.405. The molecule has 3 aliphatic rings. The zero-order chi connectivity index (χ0) is 18.0. The van der Waals surface area contributed by atoms with Crippen molar-refractivity contribution in [2.45, 2.75) is 50.2 Å². The molecular formula is C21H32IN3O2. The minimum Gasteiger partial charge on any atom is -0.375 e. The number of hydrogen-bond donors (Lipinski definition) is 1. The third kappa shape index (κ3) is 4.59. The Labute approximate surface area is 179 Å². The van der Waals surface area contributed by atoms with Gasteiger partial charge in [0.2, 0.25) is 0 Å². The van der Waals surface area contributed by atoms with Gasteiger partial charge in [0.05, 0.1) is 12.7 Å². The number of rotatable bonds is 4. The van der Waals surface area contributed by atoms with Gasteiger partial charge in [-0.05, 0) is 43.7 Å². The molecule has 2 aliphatic heterocycles. The minimum absolute atomic E-state index is 0. The smallest absolute Gasteiger partial charge is 0.193 e. The van der Waals surface area contributed by atoms with Crippen LogP contribution >= 0.6 is 24.0 Å². The largest absolute Gasteiger partial charge is 0.375 e. The third-order valence-corrected chi connectivity index (χ3v) is 6.14. The summed E-state index contributed by atoms with van der Waals surface area (Å²) in [4.78, 5) is 6.89. The number of aryl methyl sites for hydroxylation is 1. The first-order chi connectivity index (χ1) is 12.7. The summed E-state index contributed by atoms with van der Waals surface area (Å²) in [6.45, 7) is 6.54. The molecule has 2 atom stereocenters. The topological polar surface area (TPSA) is 46.1 Å². The molecule has 0 spiro atoms. The molecule has 2 unspecified atom stereocenters. The highest BCUT2D eigenvalue weighted by Crippen LogP contribution is 2.48. The number of morpholine rings is 1. The van der Waals surface area contributed by atoms with Crippen LogP contribution in [-0.2, 0) is 14.9 Å². The number of aliphatic imine (C=N–C) groups is 1. The van der Waals surface area contributed by atoms with Crippen molar-refractivity contribution in [2.75, 3.05) is 39.9 Å².